The minimum absolute atomic E-state index is 0.000494. The van der Waals surface area contributed by atoms with Crippen molar-refractivity contribution in [2.45, 2.75) is 0 Å². The molecule has 28 heavy (non-hydrogen) atoms. The van der Waals surface area contributed by atoms with Gasteiger partial charge in [0.1, 0.15) is 5.75 Å². The fourth-order valence-electron chi connectivity index (χ4n) is 3.51. The van der Waals surface area contributed by atoms with E-state index in [-0.39, 0.29) is 23.1 Å². The first-order chi connectivity index (χ1) is 13.5. The summed E-state index contributed by atoms with van der Waals surface area (Å²) in [5.74, 6) is -0.318. The fourth-order valence-corrected chi connectivity index (χ4v) is 3.71. The van der Waals surface area contributed by atoms with Crippen molar-refractivity contribution in [1.82, 2.24) is 9.80 Å². The quantitative estimate of drug-likeness (QED) is 0.719. The normalized spacial score (nSPS) is 14.3. The van der Waals surface area contributed by atoms with E-state index in [2.05, 4.69) is 0 Å². The van der Waals surface area contributed by atoms with Gasteiger partial charge in [-0.3, -0.25) is 9.59 Å². The van der Waals surface area contributed by atoms with Crippen molar-refractivity contribution in [3.8, 4) is 5.75 Å². The molecular weight excluding hydrogens is 376 g/mol. The minimum Gasteiger partial charge on any atom is -0.506 e. The molecule has 0 atom stereocenters. The molecule has 142 valence electrons. The number of fused-ring (bicyclic) bond motifs is 1. The van der Waals surface area contributed by atoms with E-state index in [9.17, 15) is 14.7 Å². The minimum atomic E-state index is -0.224. The van der Waals surface area contributed by atoms with Gasteiger partial charge >= 0.3 is 0 Å². The number of phenols is 1. The van der Waals surface area contributed by atoms with Crippen LogP contribution in [0.2, 0.25) is 5.02 Å². The second kappa shape index (κ2) is 7.52. The lowest BCUT2D eigenvalue weighted by Crippen LogP contribution is -2.50. The summed E-state index contributed by atoms with van der Waals surface area (Å²) in [5, 5.41) is 12.6. The van der Waals surface area contributed by atoms with Crippen LogP contribution in [0.1, 0.15) is 20.7 Å². The number of nitrogens with zero attached hydrogens (tertiary/aromatic N) is 2. The maximum absolute atomic E-state index is 12.9. The summed E-state index contributed by atoms with van der Waals surface area (Å²) in [6, 6.07) is 17.8. The Morgan fingerprint density at radius 3 is 2.21 bits per heavy atom. The second-order valence-corrected chi connectivity index (χ2v) is 7.21. The number of amides is 2. The largest absolute Gasteiger partial charge is 0.506 e. The van der Waals surface area contributed by atoms with E-state index in [1.165, 1.54) is 0 Å². The second-order valence-electron chi connectivity index (χ2n) is 6.78. The van der Waals surface area contributed by atoms with Gasteiger partial charge in [0.15, 0.2) is 0 Å². The van der Waals surface area contributed by atoms with Gasteiger partial charge in [-0.15, -0.1) is 0 Å². The van der Waals surface area contributed by atoms with Crippen LogP contribution in [0.25, 0.3) is 10.8 Å². The Hall–Kier alpha value is -3.05. The smallest absolute Gasteiger partial charge is 0.257 e. The molecule has 0 aromatic heterocycles. The molecule has 4 rings (SSSR count). The molecule has 1 aliphatic rings. The van der Waals surface area contributed by atoms with Crippen molar-refractivity contribution in [3.63, 3.8) is 0 Å². The lowest BCUT2D eigenvalue weighted by atomic mass is 10.0. The van der Waals surface area contributed by atoms with Crippen LogP contribution in [0, 0.1) is 0 Å². The van der Waals surface area contributed by atoms with Crippen LogP contribution in [0.3, 0.4) is 0 Å². The summed E-state index contributed by atoms with van der Waals surface area (Å²) < 4.78 is 0. The zero-order chi connectivity index (χ0) is 19.7. The molecule has 3 aromatic rings. The SMILES string of the molecule is O=C(c1cccc(Cl)c1)N1CCN(C(=O)c2ccc3ccccc3c2O)CC1. The zero-order valence-electron chi connectivity index (χ0n) is 15.1. The summed E-state index contributed by atoms with van der Waals surface area (Å²) in [4.78, 5) is 28.9. The Labute approximate surface area is 167 Å². The standard InChI is InChI=1S/C22H19ClN2O3/c23-17-6-3-5-16(14-17)21(27)24-10-12-25(13-11-24)22(28)19-9-8-15-4-1-2-7-18(15)20(19)26/h1-9,14,26H,10-13H2. The number of phenolic OH excluding ortho intramolecular Hbond substituents is 1. The first kappa shape index (κ1) is 18.3. The van der Waals surface area contributed by atoms with Gasteiger partial charge in [-0.2, -0.15) is 0 Å². The van der Waals surface area contributed by atoms with Crippen molar-refractivity contribution in [2.24, 2.45) is 0 Å². The molecule has 2 amide bonds. The van der Waals surface area contributed by atoms with Gasteiger partial charge in [0.2, 0.25) is 0 Å². The Morgan fingerprint density at radius 1 is 0.821 bits per heavy atom. The highest BCUT2D eigenvalue weighted by Crippen LogP contribution is 2.29. The van der Waals surface area contributed by atoms with E-state index >= 15 is 0 Å². The van der Waals surface area contributed by atoms with Crippen LogP contribution in [0.15, 0.2) is 60.7 Å². The number of carbonyl (C=O) groups is 2. The molecule has 3 aromatic carbocycles. The van der Waals surface area contributed by atoms with Crippen LogP contribution < -0.4 is 0 Å². The molecule has 1 heterocycles. The first-order valence-corrected chi connectivity index (χ1v) is 9.47. The van der Waals surface area contributed by atoms with Crippen LogP contribution >= 0.6 is 11.6 Å². The summed E-state index contributed by atoms with van der Waals surface area (Å²) in [6.07, 6.45) is 0. The molecule has 6 heteroatoms. The molecule has 0 aliphatic carbocycles. The number of halogens is 1. The Bertz CT molecular complexity index is 1060. The summed E-state index contributed by atoms with van der Waals surface area (Å²) in [5.41, 5.74) is 0.827. The monoisotopic (exact) mass is 394 g/mol. The fraction of sp³-hybridized carbons (Fsp3) is 0.182. The number of hydrogen-bond donors (Lipinski definition) is 1. The predicted molar refractivity (Wildman–Crippen MR) is 109 cm³/mol. The lowest BCUT2D eigenvalue weighted by molar-refractivity contribution is 0.0534. The Kier molecular flexibility index (Phi) is 4.92. The van der Waals surface area contributed by atoms with Gasteiger partial charge in [-0.25, -0.2) is 0 Å². The predicted octanol–water partition coefficient (Wildman–Crippen LogP) is 3.80. The maximum Gasteiger partial charge on any atom is 0.257 e. The molecule has 0 bridgehead atoms. The summed E-state index contributed by atoms with van der Waals surface area (Å²) in [7, 11) is 0. The summed E-state index contributed by atoms with van der Waals surface area (Å²) >= 11 is 5.97. The average Bonchev–Trinajstić information content (AvgIpc) is 2.73. The summed E-state index contributed by atoms with van der Waals surface area (Å²) in [6.45, 7) is 1.70. The number of benzene rings is 3. The van der Waals surface area contributed by atoms with Gasteiger partial charge in [0.25, 0.3) is 11.8 Å². The molecule has 5 nitrogen and oxygen atoms in total. The number of aromatic hydroxyl groups is 1. The van der Waals surface area contributed by atoms with E-state index in [1.807, 2.05) is 24.3 Å². The molecule has 1 N–H and O–H groups in total. The van der Waals surface area contributed by atoms with Crippen molar-refractivity contribution >= 4 is 34.2 Å². The molecule has 1 fully saturated rings. The van der Waals surface area contributed by atoms with Gasteiger partial charge in [0.05, 0.1) is 5.56 Å². The van der Waals surface area contributed by atoms with Crippen molar-refractivity contribution in [2.75, 3.05) is 26.2 Å². The maximum atomic E-state index is 12.9. The molecule has 1 aliphatic heterocycles. The number of rotatable bonds is 2. The van der Waals surface area contributed by atoms with Crippen molar-refractivity contribution in [1.29, 1.82) is 0 Å². The van der Waals surface area contributed by atoms with Gasteiger partial charge in [-0.05, 0) is 29.7 Å². The van der Waals surface area contributed by atoms with E-state index in [0.717, 1.165) is 5.39 Å². The first-order valence-electron chi connectivity index (χ1n) is 9.09. The van der Waals surface area contributed by atoms with Crippen LogP contribution in [0.5, 0.6) is 5.75 Å². The van der Waals surface area contributed by atoms with E-state index in [0.29, 0.717) is 42.2 Å². The Morgan fingerprint density at radius 2 is 1.50 bits per heavy atom. The topological polar surface area (TPSA) is 60.9 Å². The number of piperazine rings is 1. The molecule has 0 unspecified atom stereocenters. The number of carbonyl (C=O) groups excluding carboxylic acids is 2. The molecular formula is C22H19ClN2O3. The third kappa shape index (κ3) is 3.41. The third-order valence-electron chi connectivity index (χ3n) is 5.06. The highest BCUT2D eigenvalue weighted by atomic mass is 35.5. The van der Waals surface area contributed by atoms with Crippen LogP contribution in [-0.2, 0) is 0 Å². The molecule has 0 spiro atoms. The van der Waals surface area contributed by atoms with Gasteiger partial charge in [-0.1, -0.05) is 48.0 Å². The van der Waals surface area contributed by atoms with Crippen molar-refractivity contribution < 1.29 is 14.7 Å². The lowest BCUT2D eigenvalue weighted by Gasteiger charge is -2.35. The highest BCUT2D eigenvalue weighted by Gasteiger charge is 2.27. The van der Waals surface area contributed by atoms with Crippen molar-refractivity contribution in [3.05, 3.63) is 76.8 Å². The molecule has 1 saturated heterocycles. The van der Waals surface area contributed by atoms with Crippen LogP contribution in [0.4, 0.5) is 0 Å². The van der Waals surface area contributed by atoms with Gasteiger partial charge < -0.3 is 14.9 Å². The highest BCUT2D eigenvalue weighted by molar-refractivity contribution is 6.30. The van der Waals surface area contributed by atoms with Crippen LogP contribution in [-0.4, -0.2) is 52.9 Å². The van der Waals surface area contributed by atoms with Gasteiger partial charge in [0, 0.05) is 42.2 Å². The Balaban J connectivity index is 1.47. The molecule has 0 saturated carbocycles. The average molecular weight is 395 g/mol. The zero-order valence-corrected chi connectivity index (χ0v) is 15.9. The number of hydrogen-bond acceptors (Lipinski definition) is 3. The third-order valence-corrected chi connectivity index (χ3v) is 5.29. The van der Waals surface area contributed by atoms with E-state index in [4.69, 9.17) is 11.6 Å². The van der Waals surface area contributed by atoms with E-state index in [1.54, 1.807) is 46.2 Å². The van der Waals surface area contributed by atoms with E-state index < -0.39 is 0 Å². The molecule has 0 radical (unpaired) electrons.